The van der Waals surface area contributed by atoms with Gasteiger partial charge in [0, 0.05) is 0 Å². The quantitative estimate of drug-likeness (QED) is 0.411. The summed E-state index contributed by atoms with van der Waals surface area (Å²) in [5.74, 6) is 0.958. The Morgan fingerprint density at radius 3 is 2.57 bits per heavy atom. The van der Waals surface area contributed by atoms with E-state index >= 15 is 0 Å². The lowest BCUT2D eigenvalue weighted by atomic mass is 10.1. The first-order chi connectivity index (χ1) is 14.5. The highest BCUT2D eigenvalue weighted by atomic mass is 32.2. The van der Waals surface area contributed by atoms with Crippen LogP contribution in [0.5, 0.6) is 0 Å². The van der Waals surface area contributed by atoms with Gasteiger partial charge in [-0.25, -0.2) is 8.42 Å². The summed E-state index contributed by atoms with van der Waals surface area (Å²) in [6, 6.07) is 18.1. The molecule has 0 saturated carbocycles. The predicted octanol–water partition coefficient (Wildman–Crippen LogP) is 5.14. The Morgan fingerprint density at radius 1 is 1.03 bits per heavy atom. The molecule has 1 N–H and O–H groups in total. The third-order valence-corrected chi connectivity index (χ3v) is 6.83. The van der Waals surface area contributed by atoms with Crippen LogP contribution in [0.4, 0.5) is 5.69 Å². The average Bonchev–Trinajstić information content (AvgIpc) is 3.42. The van der Waals surface area contributed by atoms with Crippen molar-refractivity contribution in [3.8, 4) is 10.7 Å². The van der Waals surface area contributed by atoms with Gasteiger partial charge in [0.2, 0.25) is 11.7 Å². The van der Waals surface area contributed by atoms with Gasteiger partial charge in [-0.2, -0.15) is 4.98 Å². The summed E-state index contributed by atoms with van der Waals surface area (Å²) < 4.78 is 33.8. The molecule has 2 aromatic carbocycles. The number of rotatable bonds is 8. The highest BCUT2D eigenvalue weighted by Gasteiger charge is 2.17. The lowest BCUT2D eigenvalue weighted by Gasteiger charge is -2.12. The summed E-state index contributed by atoms with van der Waals surface area (Å²) in [4.78, 5) is 5.58. The molecule has 4 rings (SSSR count). The second-order valence-corrected chi connectivity index (χ2v) is 9.45. The van der Waals surface area contributed by atoms with Crippen LogP contribution in [0, 0.1) is 0 Å². The van der Waals surface area contributed by atoms with Crippen LogP contribution >= 0.6 is 11.3 Å². The second-order valence-electron chi connectivity index (χ2n) is 6.82. The monoisotopic (exact) mass is 439 g/mol. The van der Waals surface area contributed by atoms with Crippen LogP contribution < -0.4 is 4.72 Å². The number of nitrogens with zero attached hydrogens (tertiary/aromatic N) is 2. The molecule has 0 amide bonds. The van der Waals surface area contributed by atoms with Gasteiger partial charge in [-0.05, 0) is 47.2 Å². The molecule has 8 heteroatoms. The first-order valence-electron chi connectivity index (χ1n) is 9.61. The highest BCUT2D eigenvalue weighted by Crippen LogP contribution is 2.25. The van der Waals surface area contributed by atoms with Gasteiger partial charge in [0.15, 0.2) is 0 Å². The second kappa shape index (κ2) is 8.81. The third-order valence-electron chi connectivity index (χ3n) is 4.59. The zero-order chi connectivity index (χ0) is 21.0. The molecule has 0 radical (unpaired) electrons. The fourth-order valence-corrected chi connectivity index (χ4v) is 4.85. The minimum atomic E-state index is -3.71. The Balaban J connectivity index is 1.54. The number of sulfonamides is 1. The van der Waals surface area contributed by atoms with Gasteiger partial charge < -0.3 is 4.52 Å². The molecule has 0 aliphatic heterocycles. The van der Waals surface area contributed by atoms with E-state index in [0.717, 1.165) is 28.8 Å². The van der Waals surface area contributed by atoms with Crippen molar-refractivity contribution < 1.29 is 12.9 Å². The first-order valence-corrected chi connectivity index (χ1v) is 12.0. The van der Waals surface area contributed by atoms with Gasteiger partial charge in [-0.1, -0.05) is 54.9 Å². The lowest BCUT2D eigenvalue weighted by Crippen LogP contribution is -2.14. The van der Waals surface area contributed by atoms with Gasteiger partial charge in [0.1, 0.15) is 0 Å². The van der Waals surface area contributed by atoms with E-state index in [4.69, 9.17) is 4.52 Å². The Hall–Kier alpha value is -2.97. The molecule has 0 spiro atoms. The van der Waals surface area contributed by atoms with E-state index in [0.29, 0.717) is 23.8 Å². The number of para-hydroxylation sites is 1. The van der Waals surface area contributed by atoms with E-state index in [1.165, 1.54) is 11.3 Å². The van der Waals surface area contributed by atoms with E-state index in [1.54, 1.807) is 24.3 Å². The van der Waals surface area contributed by atoms with Gasteiger partial charge in [-0.3, -0.25) is 4.72 Å². The molecule has 4 aromatic rings. The Kier molecular flexibility index (Phi) is 5.96. The standard InChI is InChI=1S/C22H21N3O3S2/c1-2-6-16-10-12-18(13-11-16)30(26,27)25-19-8-4-3-7-17(19)15-21-23-22(24-28-21)20-9-5-14-29-20/h3-5,7-14,25H,2,6,15H2,1H3. The number of nitrogens with one attached hydrogen (secondary N) is 1. The van der Waals surface area contributed by atoms with Crippen molar-refractivity contribution in [3.63, 3.8) is 0 Å². The Labute approximate surface area is 179 Å². The number of benzene rings is 2. The highest BCUT2D eigenvalue weighted by molar-refractivity contribution is 7.92. The summed E-state index contributed by atoms with van der Waals surface area (Å²) in [6.07, 6.45) is 2.27. The molecule has 6 nitrogen and oxygen atoms in total. The maximum Gasteiger partial charge on any atom is 0.261 e. The van der Waals surface area contributed by atoms with Crippen molar-refractivity contribution in [3.05, 3.63) is 83.1 Å². The zero-order valence-corrected chi connectivity index (χ0v) is 18.0. The normalized spacial score (nSPS) is 11.5. The number of thiophene rings is 1. The lowest BCUT2D eigenvalue weighted by molar-refractivity contribution is 0.386. The summed E-state index contributed by atoms with van der Waals surface area (Å²) in [7, 11) is -3.71. The predicted molar refractivity (Wildman–Crippen MR) is 118 cm³/mol. The maximum absolute atomic E-state index is 12.9. The van der Waals surface area contributed by atoms with Gasteiger partial charge >= 0.3 is 0 Å². The molecular weight excluding hydrogens is 418 g/mol. The summed E-state index contributed by atoms with van der Waals surface area (Å²) in [6.45, 7) is 2.09. The molecular formula is C22H21N3O3S2. The number of hydrogen-bond donors (Lipinski definition) is 1. The fraction of sp³-hybridized carbons (Fsp3) is 0.182. The molecule has 0 saturated heterocycles. The van der Waals surface area contributed by atoms with Gasteiger partial charge in [0.05, 0.1) is 21.9 Å². The van der Waals surface area contributed by atoms with Crippen LogP contribution in [0.2, 0.25) is 0 Å². The first kappa shape index (κ1) is 20.3. The largest absolute Gasteiger partial charge is 0.339 e. The molecule has 0 atom stereocenters. The molecule has 154 valence electrons. The van der Waals surface area contributed by atoms with Crippen LogP contribution in [0.3, 0.4) is 0 Å². The minimum absolute atomic E-state index is 0.231. The molecule has 2 heterocycles. The Bertz CT molecular complexity index is 1210. The van der Waals surface area contributed by atoms with Gasteiger partial charge in [-0.15, -0.1) is 11.3 Å². The SMILES string of the molecule is CCCc1ccc(S(=O)(=O)Nc2ccccc2Cc2nc(-c3cccs3)no2)cc1. The van der Waals surface area contributed by atoms with Crippen molar-refractivity contribution in [2.45, 2.75) is 31.1 Å². The van der Waals surface area contributed by atoms with Crippen LogP contribution in [0.1, 0.15) is 30.4 Å². The molecule has 0 bridgehead atoms. The zero-order valence-electron chi connectivity index (χ0n) is 16.4. The van der Waals surface area contributed by atoms with Crippen LogP contribution in [-0.2, 0) is 22.9 Å². The van der Waals surface area contributed by atoms with Gasteiger partial charge in [0.25, 0.3) is 10.0 Å². The summed E-state index contributed by atoms with van der Waals surface area (Å²) in [5.41, 5.74) is 2.37. The molecule has 0 unspecified atom stereocenters. The third kappa shape index (κ3) is 4.60. The van der Waals surface area contributed by atoms with Crippen molar-refractivity contribution in [1.82, 2.24) is 10.1 Å². The summed E-state index contributed by atoms with van der Waals surface area (Å²) >= 11 is 1.53. The molecule has 0 fully saturated rings. The van der Waals surface area contributed by atoms with Crippen LogP contribution in [0.15, 0.2) is 75.5 Å². The number of anilines is 1. The topological polar surface area (TPSA) is 85.1 Å². The Morgan fingerprint density at radius 2 is 1.83 bits per heavy atom. The fourth-order valence-electron chi connectivity index (χ4n) is 3.10. The van der Waals surface area contributed by atoms with E-state index in [2.05, 4.69) is 21.8 Å². The maximum atomic E-state index is 12.9. The number of hydrogen-bond acceptors (Lipinski definition) is 6. The number of aromatic nitrogens is 2. The van der Waals surface area contributed by atoms with Crippen molar-refractivity contribution in [1.29, 1.82) is 0 Å². The number of aryl methyl sites for hydroxylation is 1. The van der Waals surface area contributed by atoms with Crippen molar-refractivity contribution >= 4 is 27.0 Å². The van der Waals surface area contributed by atoms with Crippen molar-refractivity contribution in [2.24, 2.45) is 0 Å². The smallest absolute Gasteiger partial charge is 0.261 e. The molecule has 0 aliphatic carbocycles. The van der Waals surface area contributed by atoms with Crippen LogP contribution in [-0.4, -0.2) is 18.6 Å². The minimum Gasteiger partial charge on any atom is -0.339 e. The molecule has 0 aliphatic rings. The summed E-state index contributed by atoms with van der Waals surface area (Å²) in [5, 5.41) is 5.96. The molecule has 2 aromatic heterocycles. The van der Waals surface area contributed by atoms with E-state index in [1.807, 2.05) is 41.8 Å². The van der Waals surface area contributed by atoms with Crippen molar-refractivity contribution in [2.75, 3.05) is 4.72 Å². The average molecular weight is 440 g/mol. The van der Waals surface area contributed by atoms with E-state index in [-0.39, 0.29) is 4.90 Å². The van der Waals surface area contributed by atoms with Crippen LogP contribution in [0.25, 0.3) is 10.7 Å². The van der Waals surface area contributed by atoms with E-state index in [9.17, 15) is 8.42 Å². The molecule has 30 heavy (non-hydrogen) atoms. The van der Waals surface area contributed by atoms with E-state index < -0.39 is 10.0 Å².